The lowest BCUT2D eigenvalue weighted by molar-refractivity contribution is -0.137. The molecule has 0 spiro atoms. The van der Waals surface area contributed by atoms with Crippen LogP contribution in [0.25, 0.3) is 0 Å². The lowest BCUT2D eigenvalue weighted by Gasteiger charge is -2.18. The van der Waals surface area contributed by atoms with Crippen LogP contribution in [0.15, 0.2) is 53.0 Å². The van der Waals surface area contributed by atoms with Crippen LogP contribution in [0.3, 0.4) is 0 Å². The Hall–Kier alpha value is -3.34. The predicted octanol–water partition coefficient (Wildman–Crippen LogP) is 5.97. The quantitative estimate of drug-likeness (QED) is 0.411. The first-order valence-corrected chi connectivity index (χ1v) is 10.0. The number of benzene rings is 3. The lowest BCUT2D eigenvalue weighted by Crippen LogP contribution is -2.22. The van der Waals surface area contributed by atoms with E-state index in [0.717, 1.165) is 6.07 Å². The van der Waals surface area contributed by atoms with Gasteiger partial charge in [0.25, 0.3) is 11.8 Å². The van der Waals surface area contributed by atoms with Crippen molar-refractivity contribution in [3.05, 3.63) is 98.3 Å². The van der Waals surface area contributed by atoms with E-state index in [4.69, 9.17) is 0 Å². The van der Waals surface area contributed by atoms with Crippen LogP contribution in [0.1, 0.15) is 43.4 Å². The van der Waals surface area contributed by atoms with Crippen LogP contribution in [-0.2, 0) is 6.18 Å². The van der Waals surface area contributed by atoms with Gasteiger partial charge in [-0.1, -0.05) is 28.1 Å². The summed E-state index contributed by atoms with van der Waals surface area (Å²) < 4.78 is 81.3. The number of anilines is 1. The average molecular weight is 529 g/mol. The van der Waals surface area contributed by atoms with Crippen molar-refractivity contribution in [3.8, 4) is 0 Å². The summed E-state index contributed by atoms with van der Waals surface area (Å²) in [5, 5.41) is 4.84. The molecule has 1 aliphatic rings. The van der Waals surface area contributed by atoms with Crippen LogP contribution in [0.5, 0.6) is 0 Å². The van der Waals surface area contributed by atoms with E-state index in [9.17, 15) is 35.9 Å². The largest absolute Gasteiger partial charge is 0.416 e. The second-order valence-corrected chi connectivity index (χ2v) is 8.06. The van der Waals surface area contributed by atoms with Gasteiger partial charge < -0.3 is 10.6 Å². The Morgan fingerprint density at radius 1 is 1.03 bits per heavy atom. The lowest BCUT2D eigenvalue weighted by atomic mass is 9.95. The van der Waals surface area contributed by atoms with Crippen LogP contribution in [0, 0.1) is 17.5 Å². The van der Waals surface area contributed by atoms with E-state index in [1.165, 1.54) is 24.3 Å². The highest BCUT2D eigenvalue weighted by atomic mass is 79.9. The molecule has 1 heterocycles. The number of fused-ring (bicyclic) bond motifs is 1. The van der Waals surface area contributed by atoms with Gasteiger partial charge in [0.15, 0.2) is 11.6 Å². The van der Waals surface area contributed by atoms with Gasteiger partial charge in [0.1, 0.15) is 5.82 Å². The minimum absolute atomic E-state index is 0.0311. The molecule has 33 heavy (non-hydrogen) atoms. The summed E-state index contributed by atoms with van der Waals surface area (Å²) >= 11 is 3.17. The van der Waals surface area contributed by atoms with Gasteiger partial charge in [0, 0.05) is 32.4 Å². The van der Waals surface area contributed by atoms with E-state index >= 15 is 0 Å². The Morgan fingerprint density at radius 2 is 1.76 bits per heavy atom. The van der Waals surface area contributed by atoms with E-state index in [0.29, 0.717) is 16.6 Å². The molecule has 0 aromatic heterocycles. The predicted molar refractivity (Wildman–Crippen MR) is 109 cm³/mol. The number of carbonyl (C=O) groups excluding carboxylic acids is 2. The summed E-state index contributed by atoms with van der Waals surface area (Å²) in [6, 6.07) is 6.26. The second kappa shape index (κ2) is 8.22. The molecule has 0 aliphatic carbocycles. The summed E-state index contributed by atoms with van der Waals surface area (Å²) in [5.41, 5.74) is -2.15. The number of halogens is 7. The third kappa shape index (κ3) is 4.32. The maximum atomic E-state index is 14.4. The number of hydrogen-bond donors (Lipinski definition) is 2. The zero-order chi connectivity index (χ0) is 24.1. The van der Waals surface area contributed by atoms with Gasteiger partial charge in [-0.2, -0.15) is 13.2 Å². The molecule has 0 bridgehead atoms. The summed E-state index contributed by atoms with van der Waals surface area (Å²) in [6.45, 7) is 0. The van der Waals surface area contributed by atoms with E-state index in [2.05, 4.69) is 26.6 Å². The van der Waals surface area contributed by atoms with Crippen molar-refractivity contribution >= 4 is 33.4 Å². The molecule has 170 valence electrons. The summed E-state index contributed by atoms with van der Waals surface area (Å²) in [7, 11) is 0. The van der Waals surface area contributed by atoms with Crippen molar-refractivity contribution in [1.82, 2.24) is 5.32 Å². The number of amides is 2. The van der Waals surface area contributed by atoms with Crippen molar-refractivity contribution in [2.24, 2.45) is 0 Å². The number of hydrogen-bond acceptors (Lipinski definition) is 2. The van der Waals surface area contributed by atoms with Crippen molar-refractivity contribution in [3.63, 3.8) is 0 Å². The molecule has 4 rings (SSSR count). The zero-order valence-corrected chi connectivity index (χ0v) is 17.7. The normalized spacial score (nSPS) is 15.2. The molecule has 0 saturated carbocycles. The minimum Gasteiger partial charge on any atom is -0.341 e. The molecular formula is C22H11BrF6N2O2. The Morgan fingerprint density at radius 3 is 2.45 bits per heavy atom. The molecule has 1 atom stereocenters. The molecule has 1 aliphatic heterocycles. The summed E-state index contributed by atoms with van der Waals surface area (Å²) in [5.74, 6) is -5.38. The first-order chi connectivity index (χ1) is 15.5. The molecule has 3 aromatic rings. The zero-order valence-electron chi connectivity index (χ0n) is 16.2. The molecule has 3 aromatic carbocycles. The van der Waals surface area contributed by atoms with Crippen molar-refractivity contribution < 1.29 is 35.9 Å². The SMILES string of the molecule is O=C(Nc1cc(Br)cc2c1[C@@H](c1cccc(F)c1F)NC2=O)c1cc(F)cc(C(F)(F)F)c1. The Balaban J connectivity index is 1.79. The Bertz CT molecular complexity index is 1310. The second-order valence-electron chi connectivity index (χ2n) is 7.14. The molecule has 2 N–H and O–H groups in total. The van der Waals surface area contributed by atoms with Gasteiger partial charge in [-0.3, -0.25) is 9.59 Å². The third-order valence-corrected chi connectivity index (χ3v) is 5.44. The fourth-order valence-corrected chi connectivity index (χ4v) is 4.01. The first kappa shape index (κ1) is 22.8. The average Bonchev–Trinajstić information content (AvgIpc) is 3.05. The summed E-state index contributed by atoms with van der Waals surface area (Å²) in [4.78, 5) is 25.2. The van der Waals surface area contributed by atoms with Crippen molar-refractivity contribution in [2.75, 3.05) is 5.32 Å². The van der Waals surface area contributed by atoms with Crippen LogP contribution < -0.4 is 10.6 Å². The van der Waals surface area contributed by atoms with Gasteiger partial charge >= 0.3 is 6.18 Å². The standard InChI is InChI=1S/C22H11BrF6N2O2/c23-11-7-14-17(19(31-21(14)33)13-2-1-3-15(25)18(13)26)16(8-11)30-20(32)9-4-10(22(27,28)29)6-12(24)5-9/h1-8,19H,(H,30,32)(H,31,33)/t19-/m1/s1. The Kier molecular flexibility index (Phi) is 5.69. The van der Waals surface area contributed by atoms with E-state index in [-0.39, 0.29) is 28.4 Å². The van der Waals surface area contributed by atoms with Gasteiger partial charge in [-0.15, -0.1) is 0 Å². The van der Waals surface area contributed by atoms with Gasteiger partial charge in [-0.05, 0) is 36.4 Å². The molecule has 11 heteroatoms. The van der Waals surface area contributed by atoms with E-state index in [1.54, 1.807) is 0 Å². The van der Waals surface area contributed by atoms with Crippen molar-refractivity contribution in [1.29, 1.82) is 0 Å². The fourth-order valence-electron chi connectivity index (χ4n) is 3.56. The van der Waals surface area contributed by atoms with E-state index in [1.807, 2.05) is 0 Å². The maximum absolute atomic E-state index is 14.4. The molecule has 4 nitrogen and oxygen atoms in total. The van der Waals surface area contributed by atoms with Crippen molar-refractivity contribution in [2.45, 2.75) is 12.2 Å². The minimum atomic E-state index is -4.88. The van der Waals surface area contributed by atoms with Crippen LogP contribution >= 0.6 is 15.9 Å². The van der Waals surface area contributed by atoms with E-state index < -0.39 is 52.6 Å². The van der Waals surface area contributed by atoms with Gasteiger partial charge in [0.2, 0.25) is 0 Å². The first-order valence-electron chi connectivity index (χ1n) is 9.23. The highest BCUT2D eigenvalue weighted by Gasteiger charge is 2.36. The Labute approximate surface area is 190 Å². The van der Waals surface area contributed by atoms with Gasteiger partial charge in [-0.25, -0.2) is 13.2 Å². The third-order valence-electron chi connectivity index (χ3n) is 4.98. The number of carbonyl (C=O) groups is 2. The number of rotatable bonds is 3. The fraction of sp³-hybridized carbons (Fsp3) is 0.0909. The summed E-state index contributed by atoms with van der Waals surface area (Å²) in [6.07, 6.45) is -4.88. The highest BCUT2D eigenvalue weighted by Crippen LogP contribution is 2.40. The molecule has 0 fully saturated rings. The monoisotopic (exact) mass is 528 g/mol. The maximum Gasteiger partial charge on any atom is 0.416 e. The van der Waals surface area contributed by atoms with Crippen LogP contribution in [0.2, 0.25) is 0 Å². The number of nitrogens with one attached hydrogen (secondary N) is 2. The highest BCUT2D eigenvalue weighted by molar-refractivity contribution is 9.10. The molecular weight excluding hydrogens is 518 g/mol. The van der Waals surface area contributed by atoms with Gasteiger partial charge in [0.05, 0.1) is 11.6 Å². The molecule has 2 amide bonds. The van der Waals surface area contributed by atoms with Crippen LogP contribution in [0.4, 0.5) is 32.0 Å². The molecule has 0 saturated heterocycles. The van der Waals surface area contributed by atoms with Crippen LogP contribution in [-0.4, -0.2) is 11.8 Å². The number of alkyl halides is 3. The smallest absolute Gasteiger partial charge is 0.341 e. The molecule has 0 unspecified atom stereocenters. The molecule has 0 radical (unpaired) electrons. The topological polar surface area (TPSA) is 58.2 Å².